The van der Waals surface area contributed by atoms with Gasteiger partial charge < -0.3 is 21.1 Å². The molecule has 1 amide bonds. The number of H-pyrrole nitrogens is 1. The second kappa shape index (κ2) is 7.92. The van der Waals surface area contributed by atoms with Gasteiger partial charge >= 0.3 is 5.97 Å². The molecule has 0 fully saturated rings. The molecule has 2 heterocycles. The average Bonchev–Trinajstić information content (AvgIpc) is 3.17. The van der Waals surface area contributed by atoms with Crippen LogP contribution >= 0.6 is 0 Å². The maximum absolute atomic E-state index is 11.9. The van der Waals surface area contributed by atoms with Crippen molar-refractivity contribution in [1.82, 2.24) is 9.97 Å². The second-order valence-electron chi connectivity index (χ2n) is 6.62. The summed E-state index contributed by atoms with van der Waals surface area (Å²) in [4.78, 5) is 30.6. The van der Waals surface area contributed by atoms with Crippen molar-refractivity contribution >= 4 is 45.9 Å². The summed E-state index contributed by atoms with van der Waals surface area (Å²) >= 11 is 0. The fourth-order valence-corrected chi connectivity index (χ4v) is 3.21. The van der Waals surface area contributed by atoms with E-state index in [1.165, 1.54) is 0 Å². The van der Waals surface area contributed by atoms with Crippen LogP contribution in [0.15, 0.2) is 73.1 Å². The minimum absolute atomic E-state index is 0.178. The van der Waals surface area contributed by atoms with Crippen molar-refractivity contribution in [3.63, 3.8) is 0 Å². The molecule has 0 aliphatic heterocycles. The lowest BCUT2D eigenvalue weighted by Crippen LogP contribution is -2.10. The highest BCUT2D eigenvalue weighted by molar-refractivity contribution is 6.22. The first-order valence-electron chi connectivity index (χ1n) is 9.16. The number of aliphatic carboxylic acids is 1. The van der Waals surface area contributed by atoms with Gasteiger partial charge in [0.1, 0.15) is 5.65 Å². The molecule has 0 unspecified atom stereocenters. The molecule has 0 bridgehead atoms. The standard InChI is InChI=1S/C23H18N4O3/c24-21(28)15-6-8-17(9-7-15)27-19-10-11-25-22-20(19)16(13-26-22)12-18(23(29)30)14-4-2-1-3-5-14/h1-13H,(H2,24,28)(H,29,30)(H2,25,26,27). The number of nitrogens with one attached hydrogen (secondary N) is 2. The molecule has 4 rings (SSSR count). The summed E-state index contributed by atoms with van der Waals surface area (Å²) in [6, 6.07) is 17.5. The summed E-state index contributed by atoms with van der Waals surface area (Å²) in [6.07, 6.45) is 5.01. The van der Waals surface area contributed by atoms with E-state index in [-0.39, 0.29) is 5.57 Å². The molecule has 148 valence electrons. The van der Waals surface area contributed by atoms with Gasteiger partial charge in [-0.15, -0.1) is 0 Å². The Kier molecular flexibility index (Phi) is 5.00. The summed E-state index contributed by atoms with van der Waals surface area (Å²) in [5, 5.41) is 13.8. The Morgan fingerprint density at radius 3 is 2.40 bits per heavy atom. The van der Waals surface area contributed by atoms with E-state index in [0.29, 0.717) is 22.3 Å². The molecule has 0 radical (unpaired) electrons. The number of carboxylic acid groups (broad SMARTS) is 1. The highest BCUT2D eigenvalue weighted by atomic mass is 16.4. The molecule has 0 aliphatic carbocycles. The molecule has 0 atom stereocenters. The lowest BCUT2D eigenvalue weighted by molar-refractivity contribution is -0.130. The van der Waals surface area contributed by atoms with Crippen LogP contribution in [0.25, 0.3) is 22.7 Å². The van der Waals surface area contributed by atoms with Crippen LogP contribution in [0.5, 0.6) is 0 Å². The number of carbonyl (C=O) groups is 2. The molecule has 4 aromatic rings. The zero-order chi connectivity index (χ0) is 21.1. The van der Waals surface area contributed by atoms with Crippen LogP contribution in [-0.4, -0.2) is 27.0 Å². The summed E-state index contributed by atoms with van der Waals surface area (Å²) in [5.74, 6) is -1.51. The van der Waals surface area contributed by atoms with Gasteiger partial charge in [0.25, 0.3) is 0 Å². The summed E-state index contributed by atoms with van der Waals surface area (Å²) in [5.41, 5.74) is 9.31. The van der Waals surface area contributed by atoms with E-state index in [1.807, 2.05) is 6.07 Å². The molecule has 2 aromatic heterocycles. The number of fused-ring (bicyclic) bond motifs is 1. The van der Waals surface area contributed by atoms with Crippen molar-refractivity contribution in [2.75, 3.05) is 5.32 Å². The number of aromatic nitrogens is 2. The monoisotopic (exact) mass is 398 g/mol. The lowest BCUT2D eigenvalue weighted by Gasteiger charge is -2.09. The van der Waals surface area contributed by atoms with E-state index in [4.69, 9.17) is 5.73 Å². The van der Waals surface area contributed by atoms with Crippen LogP contribution in [0.2, 0.25) is 0 Å². The first-order chi connectivity index (χ1) is 14.5. The number of benzene rings is 2. The van der Waals surface area contributed by atoms with Crippen molar-refractivity contribution in [2.24, 2.45) is 5.73 Å². The quantitative estimate of drug-likeness (QED) is 0.365. The van der Waals surface area contributed by atoms with E-state index >= 15 is 0 Å². The minimum atomic E-state index is -1.02. The Morgan fingerprint density at radius 2 is 1.73 bits per heavy atom. The predicted octanol–water partition coefficient (Wildman–Crippen LogP) is 4.03. The van der Waals surface area contributed by atoms with Crippen LogP contribution in [0.4, 0.5) is 11.4 Å². The number of anilines is 2. The molecule has 30 heavy (non-hydrogen) atoms. The number of nitrogens with two attached hydrogens (primary N) is 1. The molecular formula is C23H18N4O3. The molecule has 0 saturated carbocycles. The van der Waals surface area contributed by atoms with Crippen LogP contribution in [-0.2, 0) is 4.79 Å². The third-order valence-electron chi connectivity index (χ3n) is 4.67. The third kappa shape index (κ3) is 3.77. The number of amides is 1. The Labute approximate surface area is 171 Å². The molecule has 2 aromatic carbocycles. The van der Waals surface area contributed by atoms with Gasteiger partial charge in [0.2, 0.25) is 5.91 Å². The summed E-state index contributed by atoms with van der Waals surface area (Å²) in [6.45, 7) is 0. The van der Waals surface area contributed by atoms with Gasteiger partial charge in [-0.05, 0) is 42.0 Å². The summed E-state index contributed by atoms with van der Waals surface area (Å²) < 4.78 is 0. The number of primary amides is 1. The predicted molar refractivity (Wildman–Crippen MR) is 116 cm³/mol. The van der Waals surface area contributed by atoms with Crippen LogP contribution in [0, 0.1) is 0 Å². The molecule has 0 saturated heterocycles. The average molecular weight is 398 g/mol. The first kappa shape index (κ1) is 18.9. The van der Waals surface area contributed by atoms with Gasteiger partial charge in [0.05, 0.1) is 11.3 Å². The zero-order valence-electron chi connectivity index (χ0n) is 15.8. The smallest absolute Gasteiger partial charge is 0.336 e. The molecular weight excluding hydrogens is 380 g/mol. The van der Waals surface area contributed by atoms with Gasteiger partial charge in [-0.2, -0.15) is 0 Å². The maximum Gasteiger partial charge on any atom is 0.336 e. The first-order valence-corrected chi connectivity index (χ1v) is 9.16. The molecule has 7 nitrogen and oxygen atoms in total. The Bertz CT molecular complexity index is 1260. The number of hydrogen-bond acceptors (Lipinski definition) is 4. The van der Waals surface area contributed by atoms with Crippen molar-refractivity contribution in [1.29, 1.82) is 0 Å². The highest BCUT2D eigenvalue weighted by Gasteiger charge is 2.14. The van der Waals surface area contributed by atoms with Crippen molar-refractivity contribution in [3.8, 4) is 0 Å². The number of nitrogens with zero attached hydrogens (tertiary/aromatic N) is 1. The molecule has 0 aliphatic rings. The molecule has 7 heteroatoms. The second-order valence-corrected chi connectivity index (χ2v) is 6.62. The zero-order valence-corrected chi connectivity index (χ0v) is 15.8. The van der Waals surface area contributed by atoms with E-state index in [2.05, 4.69) is 15.3 Å². The van der Waals surface area contributed by atoms with Gasteiger partial charge in [0, 0.05) is 34.6 Å². The van der Waals surface area contributed by atoms with E-state index in [1.54, 1.807) is 73.1 Å². The number of aromatic amines is 1. The number of pyridine rings is 1. The van der Waals surface area contributed by atoms with Crippen LogP contribution in [0.1, 0.15) is 21.5 Å². The van der Waals surface area contributed by atoms with Crippen molar-refractivity contribution < 1.29 is 14.7 Å². The molecule has 0 spiro atoms. The van der Waals surface area contributed by atoms with Crippen molar-refractivity contribution in [3.05, 3.63) is 89.7 Å². The van der Waals surface area contributed by atoms with E-state index in [9.17, 15) is 14.7 Å². The Balaban J connectivity index is 1.77. The lowest BCUT2D eigenvalue weighted by atomic mass is 10.0. The number of hydrogen-bond donors (Lipinski definition) is 4. The number of rotatable bonds is 6. The number of carboxylic acids is 1. The highest BCUT2D eigenvalue weighted by Crippen LogP contribution is 2.31. The third-order valence-corrected chi connectivity index (χ3v) is 4.67. The van der Waals surface area contributed by atoms with Gasteiger partial charge in [-0.3, -0.25) is 4.79 Å². The van der Waals surface area contributed by atoms with E-state index < -0.39 is 11.9 Å². The van der Waals surface area contributed by atoms with E-state index in [0.717, 1.165) is 16.8 Å². The van der Waals surface area contributed by atoms with Gasteiger partial charge in [-0.25, -0.2) is 9.78 Å². The van der Waals surface area contributed by atoms with Crippen LogP contribution in [0.3, 0.4) is 0 Å². The number of carbonyl (C=O) groups excluding carboxylic acids is 1. The largest absolute Gasteiger partial charge is 0.478 e. The fraction of sp³-hybridized carbons (Fsp3) is 0. The summed E-state index contributed by atoms with van der Waals surface area (Å²) in [7, 11) is 0. The maximum atomic E-state index is 11.9. The fourth-order valence-electron chi connectivity index (χ4n) is 3.21. The van der Waals surface area contributed by atoms with Crippen molar-refractivity contribution in [2.45, 2.75) is 0 Å². The minimum Gasteiger partial charge on any atom is -0.478 e. The van der Waals surface area contributed by atoms with Gasteiger partial charge in [0.15, 0.2) is 0 Å². The SMILES string of the molecule is NC(=O)c1ccc(Nc2ccnc3[nH]cc(C=C(C(=O)O)c4ccccc4)c23)cc1. The topological polar surface area (TPSA) is 121 Å². The normalized spacial score (nSPS) is 11.4. The van der Waals surface area contributed by atoms with Gasteiger partial charge in [-0.1, -0.05) is 30.3 Å². The Morgan fingerprint density at radius 1 is 1.00 bits per heavy atom. The molecule has 5 N–H and O–H groups in total. The Hall–Kier alpha value is -4.39. The van der Waals surface area contributed by atoms with Crippen LogP contribution < -0.4 is 11.1 Å².